The Bertz CT molecular complexity index is 604. The van der Waals surface area contributed by atoms with Crippen molar-refractivity contribution in [3.8, 4) is 0 Å². The van der Waals surface area contributed by atoms with Crippen LogP contribution in [-0.4, -0.2) is 26.2 Å². The number of hydrogen-bond donors (Lipinski definition) is 0. The van der Waals surface area contributed by atoms with Gasteiger partial charge in [-0.25, -0.2) is 0 Å². The van der Waals surface area contributed by atoms with Crippen molar-refractivity contribution in [2.75, 3.05) is 14.2 Å². The third-order valence-corrected chi connectivity index (χ3v) is 6.62. The van der Waals surface area contributed by atoms with Crippen LogP contribution < -0.4 is 0 Å². The number of fused-ring (bicyclic) bond motifs is 8. The first kappa shape index (κ1) is 15.0. The summed E-state index contributed by atoms with van der Waals surface area (Å²) in [6.45, 7) is 4.21. The zero-order chi connectivity index (χ0) is 16.5. The standard InChI is InChI=1S/C19H24O4/c1-8(2)11-14-12-9-5-6-10(7-9)13(12)15(11)17(19(21)23-4)16(14)18(20)22-3/h9-10,14-17H,5-7H2,1-4H3/t9-,10-,14+,15+,16-,17-/m0/s1. The molecule has 0 heterocycles. The molecule has 0 aliphatic heterocycles. The molecule has 0 unspecified atom stereocenters. The van der Waals surface area contributed by atoms with E-state index in [1.807, 2.05) is 0 Å². The van der Waals surface area contributed by atoms with E-state index in [4.69, 9.17) is 9.47 Å². The Balaban J connectivity index is 1.90. The lowest BCUT2D eigenvalue weighted by Crippen LogP contribution is -2.38. The summed E-state index contributed by atoms with van der Waals surface area (Å²) in [6.07, 6.45) is 3.69. The van der Waals surface area contributed by atoms with E-state index in [1.54, 1.807) is 0 Å². The maximum atomic E-state index is 12.5. The second-order valence-electron chi connectivity index (χ2n) is 7.63. The van der Waals surface area contributed by atoms with E-state index in [-0.39, 0.29) is 23.8 Å². The van der Waals surface area contributed by atoms with Crippen LogP contribution in [0.4, 0.5) is 0 Å². The molecular formula is C19H24O4. The fraction of sp³-hybridized carbons (Fsp3) is 0.684. The van der Waals surface area contributed by atoms with Gasteiger partial charge < -0.3 is 9.47 Å². The Morgan fingerprint density at radius 3 is 1.65 bits per heavy atom. The fourth-order valence-electron chi connectivity index (χ4n) is 6.06. The van der Waals surface area contributed by atoms with E-state index in [1.165, 1.54) is 55.8 Å². The second kappa shape index (κ2) is 4.96. The number of allylic oxidation sites excluding steroid dienone is 4. The highest BCUT2D eigenvalue weighted by atomic mass is 16.5. The highest BCUT2D eigenvalue weighted by molar-refractivity contribution is 5.87. The van der Waals surface area contributed by atoms with Gasteiger partial charge in [-0.1, -0.05) is 22.3 Å². The monoisotopic (exact) mass is 316 g/mol. The van der Waals surface area contributed by atoms with Gasteiger partial charge in [-0.15, -0.1) is 0 Å². The summed E-state index contributed by atoms with van der Waals surface area (Å²) in [5, 5.41) is 0. The van der Waals surface area contributed by atoms with Gasteiger partial charge in [-0.2, -0.15) is 0 Å². The van der Waals surface area contributed by atoms with Crippen LogP contribution in [0.1, 0.15) is 33.1 Å². The van der Waals surface area contributed by atoms with E-state index in [2.05, 4.69) is 13.8 Å². The van der Waals surface area contributed by atoms with Gasteiger partial charge >= 0.3 is 11.9 Å². The predicted octanol–water partition coefficient (Wildman–Crippen LogP) is 2.89. The Hall–Kier alpha value is -1.58. The first-order valence-electron chi connectivity index (χ1n) is 8.58. The van der Waals surface area contributed by atoms with E-state index in [0.717, 1.165) is 0 Å². The summed E-state index contributed by atoms with van der Waals surface area (Å²) >= 11 is 0. The normalized spacial score (nSPS) is 39.7. The molecule has 0 aromatic carbocycles. The molecule has 0 aromatic heterocycles. The minimum Gasteiger partial charge on any atom is -0.469 e. The Morgan fingerprint density at radius 1 is 0.870 bits per heavy atom. The topological polar surface area (TPSA) is 52.6 Å². The average Bonchev–Trinajstić information content (AvgIpc) is 3.27. The van der Waals surface area contributed by atoms with Gasteiger partial charge in [0, 0.05) is 11.8 Å². The molecule has 0 saturated heterocycles. The first-order chi connectivity index (χ1) is 11.0. The van der Waals surface area contributed by atoms with E-state index in [0.29, 0.717) is 11.8 Å². The van der Waals surface area contributed by atoms with Crippen molar-refractivity contribution in [2.24, 2.45) is 35.5 Å². The van der Waals surface area contributed by atoms with Gasteiger partial charge in [0.2, 0.25) is 0 Å². The van der Waals surface area contributed by atoms with Crippen molar-refractivity contribution in [2.45, 2.75) is 33.1 Å². The number of ether oxygens (including phenoxy) is 2. The third kappa shape index (κ3) is 1.72. The molecule has 4 bridgehead atoms. The Kier molecular flexibility index (Phi) is 3.23. The number of esters is 2. The molecule has 6 atom stereocenters. The van der Waals surface area contributed by atoms with Crippen LogP contribution in [0, 0.1) is 35.5 Å². The summed E-state index contributed by atoms with van der Waals surface area (Å²) in [6, 6.07) is 0. The maximum absolute atomic E-state index is 12.5. The second-order valence-corrected chi connectivity index (χ2v) is 7.63. The van der Waals surface area contributed by atoms with E-state index in [9.17, 15) is 9.59 Å². The molecule has 4 rings (SSSR count). The lowest BCUT2D eigenvalue weighted by molar-refractivity contribution is -0.158. The van der Waals surface area contributed by atoms with Crippen molar-refractivity contribution < 1.29 is 19.1 Å². The van der Waals surface area contributed by atoms with E-state index >= 15 is 0 Å². The molecule has 0 N–H and O–H groups in total. The zero-order valence-electron chi connectivity index (χ0n) is 14.2. The lowest BCUT2D eigenvalue weighted by atomic mass is 9.71. The van der Waals surface area contributed by atoms with Gasteiger partial charge in [-0.3, -0.25) is 9.59 Å². The molecule has 2 saturated carbocycles. The summed E-state index contributed by atoms with van der Waals surface area (Å²) in [5.41, 5.74) is 5.52. The quantitative estimate of drug-likeness (QED) is 0.446. The van der Waals surface area contributed by atoms with Gasteiger partial charge in [0.1, 0.15) is 0 Å². The van der Waals surface area contributed by atoms with Crippen LogP contribution in [0.2, 0.25) is 0 Å². The highest BCUT2D eigenvalue weighted by Crippen LogP contribution is 2.69. The zero-order valence-corrected chi connectivity index (χ0v) is 14.2. The average molecular weight is 316 g/mol. The van der Waals surface area contributed by atoms with Crippen LogP contribution in [0.5, 0.6) is 0 Å². The van der Waals surface area contributed by atoms with Crippen molar-refractivity contribution in [3.05, 3.63) is 22.3 Å². The lowest BCUT2D eigenvalue weighted by Gasteiger charge is -2.32. The number of carbonyl (C=O) groups excluding carboxylic acids is 2. The van der Waals surface area contributed by atoms with Crippen LogP contribution in [0.25, 0.3) is 0 Å². The molecule has 124 valence electrons. The maximum Gasteiger partial charge on any atom is 0.310 e. The van der Waals surface area contributed by atoms with Crippen molar-refractivity contribution >= 4 is 11.9 Å². The Morgan fingerprint density at radius 2 is 1.30 bits per heavy atom. The van der Waals surface area contributed by atoms with Gasteiger partial charge in [0.25, 0.3) is 0 Å². The fourth-order valence-corrected chi connectivity index (χ4v) is 6.06. The summed E-state index contributed by atoms with van der Waals surface area (Å²) in [4.78, 5) is 25.0. The summed E-state index contributed by atoms with van der Waals surface area (Å²) in [5.74, 6) is 0.0525. The molecule has 23 heavy (non-hydrogen) atoms. The largest absolute Gasteiger partial charge is 0.469 e. The molecule has 0 spiro atoms. The molecule has 4 aliphatic rings. The number of methoxy groups -OCH3 is 2. The minimum atomic E-state index is -0.402. The smallest absolute Gasteiger partial charge is 0.310 e. The molecule has 0 aromatic rings. The van der Waals surface area contributed by atoms with Crippen molar-refractivity contribution in [1.29, 1.82) is 0 Å². The van der Waals surface area contributed by atoms with Crippen LogP contribution in [0.3, 0.4) is 0 Å². The number of rotatable bonds is 2. The van der Waals surface area contributed by atoms with Crippen molar-refractivity contribution in [1.82, 2.24) is 0 Å². The molecular weight excluding hydrogens is 292 g/mol. The first-order valence-corrected chi connectivity index (χ1v) is 8.58. The molecule has 0 radical (unpaired) electrons. The minimum absolute atomic E-state index is 0.0758. The predicted molar refractivity (Wildman–Crippen MR) is 84.2 cm³/mol. The highest BCUT2D eigenvalue weighted by Gasteiger charge is 2.65. The van der Waals surface area contributed by atoms with Gasteiger partial charge in [0.05, 0.1) is 26.1 Å². The molecule has 2 fully saturated rings. The van der Waals surface area contributed by atoms with E-state index < -0.39 is 11.8 Å². The SMILES string of the molecule is COC(=O)[C@H]1[C@H]2C3=C([C@H]4CC[C@H]3C4)[C@@H](C2=C(C)C)[C@@H]1C(=O)OC. The van der Waals surface area contributed by atoms with Crippen LogP contribution >= 0.6 is 0 Å². The van der Waals surface area contributed by atoms with Gasteiger partial charge in [-0.05, 0) is 44.9 Å². The Labute approximate surface area is 136 Å². The molecule has 4 heteroatoms. The summed E-state index contributed by atoms with van der Waals surface area (Å²) in [7, 11) is 2.84. The summed E-state index contributed by atoms with van der Waals surface area (Å²) < 4.78 is 10.2. The number of carbonyl (C=O) groups is 2. The van der Waals surface area contributed by atoms with Gasteiger partial charge in [0.15, 0.2) is 0 Å². The molecule has 0 amide bonds. The van der Waals surface area contributed by atoms with Crippen molar-refractivity contribution in [3.63, 3.8) is 0 Å². The number of hydrogen-bond acceptors (Lipinski definition) is 4. The molecule has 4 aliphatic carbocycles. The van der Waals surface area contributed by atoms with Crippen LogP contribution in [0.15, 0.2) is 22.3 Å². The molecule has 4 nitrogen and oxygen atoms in total. The van der Waals surface area contributed by atoms with Crippen LogP contribution in [-0.2, 0) is 19.1 Å². The third-order valence-electron chi connectivity index (χ3n) is 6.62.